The molecule has 1 amide bonds. The number of rotatable bonds is 5. The zero-order valence-electron chi connectivity index (χ0n) is 14.0. The van der Waals surface area contributed by atoms with Crippen molar-refractivity contribution in [2.75, 3.05) is 0 Å². The maximum atomic E-state index is 12.1. The first-order valence-corrected chi connectivity index (χ1v) is 8.78. The molecule has 0 radical (unpaired) electrons. The SMILES string of the molecule is Cc1ccccc1CC1SC(=N/N=C/c2cccc([N+](=O)[O-])c2)NC1=O. The molecule has 1 fully saturated rings. The number of carbonyl (C=O) groups is 1. The summed E-state index contributed by atoms with van der Waals surface area (Å²) in [5, 5.41) is 21.6. The van der Waals surface area contributed by atoms with Gasteiger partial charge in [0.05, 0.1) is 16.4 Å². The van der Waals surface area contributed by atoms with Crippen LogP contribution in [0.2, 0.25) is 0 Å². The number of thioether (sulfide) groups is 1. The Kier molecular flexibility index (Phi) is 5.43. The van der Waals surface area contributed by atoms with Crippen LogP contribution in [0.5, 0.6) is 0 Å². The number of nitrogens with one attached hydrogen (secondary N) is 1. The van der Waals surface area contributed by atoms with Crippen LogP contribution < -0.4 is 5.32 Å². The van der Waals surface area contributed by atoms with E-state index in [2.05, 4.69) is 15.5 Å². The molecule has 132 valence electrons. The smallest absolute Gasteiger partial charge is 0.270 e. The van der Waals surface area contributed by atoms with Crippen LogP contribution in [-0.4, -0.2) is 27.5 Å². The Labute approximate surface area is 154 Å². The van der Waals surface area contributed by atoms with Crippen molar-refractivity contribution in [1.29, 1.82) is 0 Å². The number of benzene rings is 2. The van der Waals surface area contributed by atoms with Crippen LogP contribution in [0.15, 0.2) is 58.7 Å². The maximum Gasteiger partial charge on any atom is 0.270 e. The molecule has 1 atom stereocenters. The van der Waals surface area contributed by atoms with Crippen molar-refractivity contribution in [3.8, 4) is 0 Å². The van der Waals surface area contributed by atoms with Crippen molar-refractivity contribution in [2.24, 2.45) is 10.2 Å². The number of amides is 1. The van der Waals surface area contributed by atoms with Crippen LogP contribution in [0, 0.1) is 17.0 Å². The molecular weight excluding hydrogens is 352 g/mol. The van der Waals surface area contributed by atoms with Gasteiger partial charge in [-0.3, -0.25) is 14.9 Å². The molecule has 0 aromatic heterocycles. The Balaban J connectivity index is 1.65. The third-order valence-corrected chi connectivity index (χ3v) is 4.95. The highest BCUT2D eigenvalue weighted by Gasteiger charge is 2.30. The van der Waals surface area contributed by atoms with E-state index in [1.54, 1.807) is 12.1 Å². The second kappa shape index (κ2) is 7.92. The normalized spacial score (nSPS) is 18.4. The summed E-state index contributed by atoms with van der Waals surface area (Å²) >= 11 is 1.33. The van der Waals surface area contributed by atoms with E-state index >= 15 is 0 Å². The van der Waals surface area contributed by atoms with Gasteiger partial charge in [0, 0.05) is 17.7 Å². The second-order valence-corrected chi connectivity index (χ2v) is 6.92. The van der Waals surface area contributed by atoms with Crippen LogP contribution in [0.25, 0.3) is 0 Å². The number of non-ortho nitro benzene ring substituents is 1. The molecule has 1 aliphatic rings. The topological polar surface area (TPSA) is 97.0 Å². The van der Waals surface area contributed by atoms with Gasteiger partial charge in [-0.1, -0.05) is 48.2 Å². The molecule has 0 aliphatic carbocycles. The molecule has 3 rings (SSSR count). The predicted octanol–water partition coefficient (Wildman–Crippen LogP) is 3.07. The van der Waals surface area contributed by atoms with Gasteiger partial charge in [0.25, 0.3) is 5.69 Å². The second-order valence-electron chi connectivity index (χ2n) is 5.73. The minimum Gasteiger partial charge on any atom is -0.303 e. The molecule has 1 N–H and O–H groups in total. The van der Waals surface area contributed by atoms with E-state index in [0.717, 1.165) is 11.1 Å². The predicted molar refractivity (Wildman–Crippen MR) is 103 cm³/mol. The number of carbonyl (C=O) groups excluding carboxylic acids is 1. The highest BCUT2D eigenvalue weighted by Crippen LogP contribution is 2.24. The lowest BCUT2D eigenvalue weighted by Crippen LogP contribution is -2.26. The Bertz CT molecular complexity index is 911. The first kappa shape index (κ1) is 17.8. The highest BCUT2D eigenvalue weighted by atomic mass is 32.2. The molecule has 7 nitrogen and oxygen atoms in total. The van der Waals surface area contributed by atoms with E-state index in [1.165, 1.54) is 30.1 Å². The first-order chi connectivity index (χ1) is 12.5. The third-order valence-electron chi connectivity index (χ3n) is 3.88. The molecule has 2 aromatic carbocycles. The molecule has 8 heteroatoms. The van der Waals surface area contributed by atoms with E-state index in [9.17, 15) is 14.9 Å². The van der Waals surface area contributed by atoms with Gasteiger partial charge in [0.15, 0.2) is 5.17 Å². The molecule has 1 aliphatic heterocycles. The average molecular weight is 368 g/mol. The number of nitro groups is 1. The van der Waals surface area contributed by atoms with Gasteiger partial charge in [-0.25, -0.2) is 0 Å². The molecule has 1 unspecified atom stereocenters. The zero-order chi connectivity index (χ0) is 18.5. The van der Waals surface area contributed by atoms with E-state index in [-0.39, 0.29) is 16.8 Å². The summed E-state index contributed by atoms with van der Waals surface area (Å²) in [4.78, 5) is 22.4. The number of aryl methyl sites for hydroxylation is 1. The highest BCUT2D eigenvalue weighted by molar-refractivity contribution is 8.15. The van der Waals surface area contributed by atoms with Gasteiger partial charge >= 0.3 is 0 Å². The van der Waals surface area contributed by atoms with Gasteiger partial charge in [0.1, 0.15) is 0 Å². The number of hydrogen-bond acceptors (Lipinski definition) is 6. The average Bonchev–Trinajstić information content (AvgIpc) is 2.97. The van der Waals surface area contributed by atoms with Gasteiger partial charge in [0.2, 0.25) is 5.91 Å². The zero-order valence-corrected chi connectivity index (χ0v) is 14.8. The van der Waals surface area contributed by atoms with Crippen molar-refractivity contribution < 1.29 is 9.72 Å². The van der Waals surface area contributed by atoms with Gasteiger partial charge in [-0.05, 0) is 24.5 Å². The van der Waals surface area contributed by atoms with E-state index in [4.69, 9.17) is 0 Å². The summed E-state index contributed by atoms with van der Waals surface area (Å²) in [6.07, 6.45) is 2.04. The molecule has 0 bridgehead atoms. The van der Waals surface area contributed by atoms with Crippen LogP contribution in [0.3, 0.4) is 0 Å². The summed E-state index contributed by atoms with van der Waals surface area (Å²) in [6, 6.07) is 14.0. The van der Waals surface area contributed by atoms with Crippen molar-refractivity contribution in [3.63, 3.8) is 0 Å². The summed E-state index contributed by atoms with van der Waals surface area (Å²) < 4.78 is 0. The van der Waals surface area contributed by atoms with Gasteiger partial charge in [-0.15, -0.1) is 5.10 Å². The fourth-order valence-corrected chi connectivity index (χ4v) is 3.44. The molecule has 1 heterocycles. The van der Waals surface area contributed by atoms with Crippen molar-refractivity contribution in [3.05, 3.63) is 75.3 Å². The summed E-state index contributed by atoms with van der Waals surface area (Å²) in [6.45, 7) is 2.02. The quantitative estimate of drug-likeness (QED) is 0.498. The number of hydrogen-bond donors (Lipinski definition) is 1. The van der Waals surface area contributed by atoms with E-state index < -0.39 is 4.92 Å². The van der Waals surface area contributed by atoms with E-state index in [1.807, 2.05) is 31.2 Å². The van der Waals surface area contributed by atoms with Crippen LogP contribution in [0.1, 0.15) is 16.7 Å². The van der Waals surface area contributed by atoms with Crippen LogP contribution in [-0.2, 0) is 11.2 Å². The Morgan fingerprint density at radius 3 is 2.85 bits per heavy atom. The lowest BCUT2D eigenvalue weighted by molar-refractivity contribution is -0.384. The fraction of sp³-hybridized carbons (Fsp3) is 0.167. The lowest BCUT2D eigenvalue weighted by atomic mass is 10.0. The van der Waals surface area contributed by atoms with Crippen LogP contribution >= 0.6 is 11.8 Å². The molecule has 0 saturated carbocycles. The molecule has 1 saturated heterocycles. The fourth-order valence-electron chi connectivity index (χ4n) is 2.49. The van der Waals surface area contributed by atoms with Crippen LogP contribution in [0.4, 0.5) is 5.69 Å². The summed E-state index contributed by atoms with van der Waals surface area (Å²) in [7, 11) is 0. The summed E-state index contributed by atoms with van der Waals surface area (Å²) in [5.41, 5.74) is 2.83. The molecule has 0 spiro atoms. The molecular formula is C18H16N4O3S. The minimum absolute atomic E-state index is 0.0107. The molecule has 26 heavy (non-hydrogen) atoms. The van der Waals surface area contributed by atoms with Gasteiger partial charge < -0.3 is 5.32 Å². The Morgan fingerprint density at radius 2 is 2.08 bits per heavy atom. The first-order valence-electron chi connectivity index (χ1n) is 7.90. The Morgan fingerprint density at radius 1 is 1.27 bits per heavy atom. The van der Waals surface area contributed by atoms with Crippen molar-refractivity contribution in [2.45, 2.75) is 18.6 Å². The minimum atomic E-state index is -0.466. The number of nitrogens with zero attached hydrogens (tertiary/aromatic N) is 3. The largest absolute Gasteiger partial charge is 0.303 e. The number of amidine groups is 1. The number of nitro benzene ring substituents is 1. The van der Waals surface area contributed by atoms with Crippen molar-refractivity contribution >= 4 is 34.7 Å². The van der Waals surface area contributed by atoms with Gasteiger partial charge in [-0.2, -0.15) is 5.10 Å². The van der Waals surface area contributed by atoms with E-state index in [0.29, 0.717) is 17.2 Å². The van der Waals surface area contributed by atoms with Crippen molar-refractivity contribution in [1.82, 2.24) is 5.32 Å². The Hall–Kier alpha value is -3.00. The maximum absolute atomic E-state index is 12.1. The lowest BCUT2D eigenvalue weighted by Gasteiger charge is -2.07. The summed E-state index contributed by atoms with van der Waals surface area (Å²) in [5.74, 6) is -0.0949. The standard InChI is InChI=1S/C18H16N4O3S/c1-12-5-2-3-7-14(12)10-16-17(23)20-18(26-16)21-19-11-13-6-4-8-15(9-13)22(24)25/h2-9,11,16H,10H2,1H3,(H,20,21,23)/b19-11+. The molecule has 2 aromatic rings. The monoisotopic (exact) mass is 368 g/mol. The third kappa shape index (κ3) is 4.34.